The lowest BCUT2D eigenvalue weighted by Gasteiger charge is -2.35. The molecule has 4 aromatic rings. The predicted molar refractivity (Wildman–Crippen MR) is 157 cm³/mol. The summed E-state index contributed by atoms with van der Waals surface area (Å²) in [5.74, 6) is -3.59. The second-order valence-electron chi connectivity index (χ2n) is 9.46. The van der Waals surface area contributed by atoms with E-state index in [1.807, 2.05) is 0 Å². The number of benzene rings is 4. The van der Waals surface area contributed by atoms with Crippen LogP contribution in [0.2, 0.25) is 0 Å². The van der Waals surface area contributed by atoms with Gasteiger partial charge in [-0.1, -0.05) is 72.8 Å². The van der Waals surface area contributed by atoms with Gasteiger partial charge in [0.25, 0.3) is 0 Å². The van der Waals surface area contributed by atoms with E-state index < -0.39 is 61.5 Å². The molecule has 0 aliphatic carbocycles. The topological polar surface area (TPSA) is 146 Å². The highest BCUT2D eigenvalue weighted by Gasteiger charge is 2.44. The Bertz CT molecular complexity index is 1390. The van der Waals surface area contributed by atoms with Crippen LogP contribution in [0.25, 0.3) is 0 Å². The van der Waals surface area contributed by atoms with Gasteiger partial charge in [-0.15, -0.1) is 0 Å². The van der Waals surface area contributed by atoms with E-state index in [4.69, 9.17) is 18.9 Å². The Kier molecular flexibility index (Phi) is 11.3. The molecule has 0 unspecified atom stereocenters. The molecule has 4 rings (SSSR count). The minimum Gasteiger partial charge on any atom is -0.452 e. The van der Waals surface area contributed by atoms with Crippen LogP contribution in [0.15, 0.2) is 121 Å². The number of aliphatic hydroxyl groups is 2. The van der Waals surface area contributed by atoms with E-state index in [0.717, 1.165) is 0 Å². The highest BCUT2D eigenvalue weighted by molar-refractivity contribution is 5.91. The van der Waals surface area contributed by atoms with Crippen molar-refractivity contribution in [1.82, 2.24) is 0 Å². The van der Waals surface area contributed by atoms with E-state index in [1.54, 1.807) is 72.8 Å². The van der Waals surface area contributed by atoms with E-state index in [-0.39, 0.29) is 22.3 Å². The van der Waals surface area contributed by atoms with Crippen molar-refractivity contribution in [3.8, 4) is 0 Å². The first kappa shape index (κ1) is 31.6. The van der Waals surface area contributed by atoms with E-state index in [9.17, 15) is 29.4 Å². The SMILES string of the molecule is O=C(O[C@@H]([C@H](OC(=O)c1ccccc1)[C@@H](CO)OC(=O)c1ccccc1)[C@@H](CO)OC(=O)c1ccccc1)c1ccccc1. The van der Waals surface area contributed by atoms with Crippen LogP contribution in [-0.2, 0) is 18.9 Å². The lowest BCUT2D eigenvalue weighted by molar-refractivity contribution is -0.137. The average molecular weight is 599 g/mol. The third kappa shape index (κ3) is 8.37. The molecule has 10 nitrogen and oxygen atoms in total. The molecule has 0 spiro atoms. The summed E-state index contributed by atoms with van der Waals surface area (Å²) in [5, 5.41) is 20.8. The molecule has 0 amide bonds. The molecular formula is C34H30O10. The standard InChI is InChI=1S/C34H30O10/c35-21-27(41-31(37)23-13-5-1-6-14-23)29(43-33(39)25-17-9-3-10-18-25)30(44-34(40)26-19-11-4-12-20-26)28(22-36)42-32(38)24-15-7-2-8-16-24/h1-20,27-30,35-36H,21-22H2/t27-,28-,29-,30-/m1/s1. The predicted octanol–water partition coefficient (Wildman–Crippen LogP) is 3.87. The molecule has 0 aliphatic heterocycles. The van der Waals surface area contributed by atoms with Crippen molar-refractivity contribution in [2.45, 2.75) is 24.4 Å². The summed E-state index contributed by atoms with van der Waals surface area (Å²) in [6.45, 7) is -1.79. The van der Waals surface area contributed by atoms with Crippen LogP contribution in [-0.4, -0.2) is 71.7 Å². The first-order chi connectivity index (χ1) is 21.4. The van der Waals surface area contributed by atoms with Gasteiger partial charge < -0.3 is 29.2 Å². The number of ether oxygens (including phenoxy) is 4. The molecule has 0 aliphatic rings. The molecule has 4 aromatic carbocycles. The number of rotatable bonds is 13. The molecule has 0 bridgehead atoms. The fourth-order valence-electron chi connectivity index (χ4n) is 4.22. The van der Waals surface area contributed by atoms with E-state index in [0.29, 0.717) is 0 Å². The summed E-state index contributed by atoms with van der Waals surface area (Å²) in [5.41, 5.74) is 0.453. The molecule has 2 N–H and O–H groups in total. The maximum atomic E-state index is 13.3. The normalized spacial score (nSPS) is 13.4. The number of carbonyl (C=O) groups excluding carboxylic acids is 4. The summed E-state index contributed by atoms with van der Waals surface area (Å²) < 4.78 is 22.6. The van der Waals surface area contributed by atoms with Gasteiger partial charge in [0.1, 0.15) is 0 Å². The maximum Gasteiger partial charge on any atom is 0.338 e. The van der Waals surface area contributed by atoms with Gasteiger partial charge in [0.2, 0.25) is 0 Å². The molecular weight excluding hydrogens is 568 g/mol. The van der Waals surface area contributed by atoms with Crippen molar-refractivity contribution in [1.29, 1.82) is 0 Å². The van der Waals surface area contributed by atoms with Crippen LogP contribution < -0.4 is 0 Å². The molecule has 0 saturated carbocycles. The molecule has 10 heteroatoms. The van der Waals surface area contributed by atoms with Crippen molar-refractivity contribution in [3.63, 3.8) is 0 Å². The summed E-state index contributed by atoms with van der Waals surface area (Å²) >= 11 is 0. The van der Waals surface area contributed by atoms with Crippen LogP contribution in [0.1, 0.15) is 41.4 Å². The molecule has 4 atom stereocenters. The van der Waals surface area contributed by atoms with E-state index >= 15 is 0 Å². The third-order valence-corrected chi connectivity index (χ3v) is 6.46. The number of hydrogen-bond acceptors (Lipinski definition) is 10. The Morgan fingerprint density at radius 2 is 0.636 bits per heavy atom. The van der Waals surface area contributed by atoms with Gasteiger partial charge in [-0.25, -0.2) is 19.2 Å². The van der Waals surface area contributed by atoms with Gasteiger partial charge in [-0.3, -0.25) is 0 Å². The van der Waals surface area contributed by atoms with Crippen molar-refractivity contribution < 1.29 is 48.3 Å². The molecule has 226 valence electrons. The lowest BCUT2D eigenvalue weighted by Crippen LogP contribution is -2.54. The average Bonchev–Trinajstić information content (AvgIpc) is 3.09. The molecule has 0 aromatic heterocycles. The first-order valence-electron chi connectivity index (χ1n) is 13.7. The zero-order valence-electron chi connectivity index (χ0n) is 23.4. The zero-order valence-corrected chi connectivity index (χ0v) is 23.4. The second kappa shape index (κ2) is 15.8. The summed E-state index contributed by atoms with van der Waals surface area (Å²) in [6, 6.07) is 31.3. The third-order valence-electron chi connectivity index (χ3n) is 6.46. The Hall–Kier alpha value is -5.32. The van der Waals surface area contributed by atoms with E-state index in [2.05, 4.69) is 0 Å². The largest absolute Gasteiger partial charge is 0.452 e. The van der Waals surface area contributed by atoms with Gasteiger partial charge in [0.05, 0.1) is 35.5 Å². The maximum absolute atomic E-state index is 13.3. The Morgan fingerprint density at radius 3 is 0.864 bits per heavy atom. The summed E-state index contributed by atoms with van der Waals surface area (Å²) in [6.07, 6.45) is -6.77. The van der Waals surface area contributed by atoms with Crippen LogP contribution in [0.5, 0.6) is 0 Å². The lowest BCUT2D eigenvalue weighted by atomic mass is 10.0. The number of carbonyl (C=O) groups is 4. The van der Waals surface area contributed by atoms with Crippen LogP contribution in [0.4, 0.5) is 0 Å². The smallest absolute Gasteiger partial charge is 0.338 e. The second-order valence-corrected chi connectivity index (χ2v) is 9.46. The summed E-state index contributed by atoms with van der Waals surface area (Å²) in [4.78, 5) is 52.6. The fourth-order valence-corrected chi connectivity index (χ4v) is 4.22. The zero-order chi connectivity index (χ0) is 31.3. The molecule has 0 radical (unpaired) electrons. The van der Waals surface area contributed by atoms with Crippen LogP contribution in [0.3, 0.4) is 0 Å². The molecule has 0 heterocycles. The Balaban J connectivity index is 1.74. The van der Waals surface area contributed by atoms with Crippen LogP contribution >= 0.6 is 0 Å². The van der Waals surface area contributed by atoms with Crippen molar-refractivity contribution in [3.05, 3.63) is 144 Å². The van der Waals surface area contributed by atoms with Crippen molar-refractivity contribution in [2.75, 3.05) is 13.2 Å². The van der Waals surface area contributed by atoms with Gasteiger partial charge in [0.15, 0.2) is 24.4 Å². The molecule has 0 fully saturated rings. The molecule has 44 heavy (non-hydrogen) atoms. The van der Waals surface area contributed by atoms with Crippen molar-refractivity contribution in [2.24, 2.45) is 0 Å². The highest BCUT2D eigenvalue weighted by Crippen LogP contribution is 2.23. The molecule has 0 saturated heterocycles. The number of aliphatic hydroxyl groups excluding tert-OH is 2. The Labute approximate surface area is 253 Å². The highest BCUT2D eigenvalue weighted by atomic mass is 16.6. The van der Waals surface area contributed by atoms with E-state index in [1.165, 1.54) is 48.5 Å². The van der Waals surface area contributed by atoms with Gasteiger partial charge in [-0.2, -0.15) is 0 Å². The monoisotopic (exact) mass is 598 g/mol. The quantitative estimate of drug-likeness (QED) is 0.172. The van der Waals surface area contributed by atoms with Crippen molar-refractivity contribution >= 4 is 23.9 Å². The summed E-state index contributed by atoms with van der Waals surface area (Å²) in [7, 11) is 0. The Morgan fingerprint density at radius 1 is 0.409 bits per heavy atom. The minimum absolute atomic E-state index is 0.0959. The minimum atomic E-state index is -1.76. The van der Waals surface area contributed by atoms with Gasteiger partial charge in [0, 0.05) is 0 Å². The first-order valence-corrected chi connectivity index (χ1v) is 13.7. The number of hydrogen-bond donors (Lipinski definition) is 2. The van der Waals surface area contributed by atoms with Gasteiger partial charge in [-0.05, 0) is 48.5 Å². The van der Waals surface area contributed by atoms with Gasteiger partial charge >= 0.3 is 23.9 Å². The van der Waals surface area contributed by atoms with Crippen LogP contribution in [0, 0.1) is 0 Å². The fraction of sp³-hybridized carbons (Fsp3) is 0.176. The number of esters is 4.